The van der Waals surface area contributed by atoms with E-state index in [9.17, 15) is 9.59 Å². The predicted molar refractivity (Wildman–Crippen MR) is 98.6 cm³/mol. The van der Waals surface area contributed by atoms with Crippen LogP contribution in [0.3, 0.4) is 0 Å². The van der Waals surface area contributed by atoms with Gasteiger partial charge in [-0.15, -0.1) is 0 Å². The number of benzene rings is 3. The van der Waals surface area contributed by atoms with Crippen molar-refractivity contribution in [3.63, 3.8) is 0 Å². The van der Waals surface area contributed by atoms with Crippen molar-refractivity contribution in [2.45, 2.75) is 13.0 Å². The van der Waals surface area contributed by atoms with Gasteiger partial charge < -0.3 is 10.1 Å². The fraction of sp³-hybridized carbons (Fsp3) is 0.0952. The number of carbonyl (C=O) groups is 2. The van der Waals surface area contributed by atoms with Crippen LogP contribution in [-0.2, 0) is 9.53 Å². The first-order valence-corrected chi connectivity index (χ1v) is 8.08. The first-order chi connectivity index (χ1) is 12.6. The van der Waals surface area contributed by atoms with Gasteiger partial charge in [-0.1, -0.05) is 36.4 Å². The molecule has 0 aliphatic heterocycles. The Morgan fingerprint density at radius 2 is 1.69 bits per heavy atom. The van der Waals surface area contributed by atoms with Crippen molar-refractivity contribution in [1.82, 2.24) is 0 Å². The zero-order valence-corrected chi connectivity index (χ0v) is 14.1. The normalized spacial score (nSPS) is 11.4. The number of nitrogens with one attached hydrogen (secondary N) is 1. The highest BCUT2D eigenvalue weighted by molar-refractivity contribution is 6.04. The molecule has 0 heterocycles. The van der Waals surface area contributed by atoms with E-state index in [1.807, 2.05) is 42.5 Å². The Kier molecular flexibility index (Phi) is 4.95. The molecule has 0 saturated carbocycles. The number of nitrogens with zero attached hydrogens (tertiary/aromatic N) is 1. The minimum Gasteiger partial charge on any atom is -0.449 e. The van der Waals surface area contributed by atoms with Crippen molar-refractivity contribution < 1.29 is 14.3 Å². The van der Waals surface area contributed by atoms with Gasteiger partial charge in [-0.05, 0) is 42.6 Å². The maximum Gasteiger partial charge on any atom is 0.338 e. The van der Waals surface area contributed by atoms with Crippen LogP contribution < -0.4 is 5.32 Å². The lowest BCUT2D eigenvalue weighted by Crippen LogP contribution is -2.30. The molecule has 3 aromatic rings. The minimum absolute atomic E-state index is 0.286. The van der Waals surface area contributed by atoms with E-state index in [0.29, 0.717) is 11.3 Å². The zero-order chi connectivity index (χ0) is 18.5. The van der Waals surface area contributed by atoms with Crippen LogP contribution in [0.1, 0.15) is 22.8 Å². The van der Waals surface area contributed by atoms with Crippen LogP contribution in [0.15, 0.2) is 66.7 Å². The highest BCUT2D eigenvalue weighted by Crippen LogP contribution is 2.23. The van der Waals surface area contributed by atoms with E-state index >= 15 is 0 Å². The molecular weight excluding hydrogens is 328 g/mol. The largest absolute Gasteiger partial charge is 0.449 e. The molecule has 0 saturated heterocycles. The molecule has 1 N–H and O–H groups in total. The second-order valence-corrected chi connectivity index (χ2v) is 5.75. The number of carbonyl (C=O) groups excluding carboxylic acids is 2. The van der Waals surface area contributed by atoms with Gasteiger partial charge in [-0.25, -0.2) is 4.79 Å². The molecule has 0 aromatic heterocycles. The number of fused-ring (bicyclic) bond motifs is 1. The Morgan fingerprint density at radius 1 is 1.00 bits per heavy atom. The smallest absolute Gasteiger partial charge is 0.338 e. The Labute approximate surface area is 150 Å². The molecule has 1 atom stereocenters. The van der Waals surface area contributed by atoms with Gasteiger partial charge in [0.25, 0.3) is 5.91 Å². The van der Waals surface area contributed by atoms with Crippen molar-refractivity contribution in [2.75, 3.05) is 5.32 Å². The summed E-state index contributed by atoms with van der Waals surface area (Å²) in [4.78, 5) is 24.5. The Balaban J connectivity index is 1.69. The lowest BCUT2D eigenvalue weighted by atomic mass is 10.1. The number of esters is 1. The third-order valence-electron chi connectivity index (χ3n) is 3.95. The number of hydrogen-bond acceptors (Lipinski definition) is 4. The summed E-state index contributed by atoms with van der Waals surface area (Å²) in [6.45, 7) is 1.52. The standard InChI is InChI=1S/C21H16N2O3/c1-14(26-21(25)17-11-9-15(13-22)10-12-17)20(24)23-19-8-4-6-16-5-2-3-7-18(16)19/h2-12,14H,1H3,(H,23,24)/t14-/m0/s1. The SMILES string of the molecule is C[C@H](OC(=O)c1ccc(C#N)cc1)C(=O)Nc1cccc2ccccc12. The van der Waals surface area contributed by atoms with E-state index in [1.165, 1.54) is 31.2 Å². The summed E-state index contributed by atoms with van der Waals surface area (Å²) in [6.07, 6.45) is -0.961. The first kappa shape index (κ1) is 17.2. The maximum absolute atomic E-state index is 12.4. The molecule has 128 valence electrons. The van der Waals surface area contributed by atoms with E-state index in [1.54, 1.807) is 6.07 Å². The number of nitriles is 1. The van der Waals surface area contributed by atoms with Gasteiger partial charge in [0.1, 0.15) is 0 Å². The number of amides is 1. The number of hydrogen-bond donors (Lipinski definition) is 1. The molecule has 0 radical (unpaired) electrons. The molecule has 1 amide bonds. The van der Waals surface area contributed by atoms with Gasteiger partial charge in [-0.2, -0.15) is 5.26 Å². The summed E-state index contributed by atoms with van der Waals surface area (Å²) < 4.78 is 5.22. The number of anilines is 1. The van der Waals surface area contributed by atoms with E-state index in [0.717, 1.165) is 10.8 Å². The number of rotatable bonds is 4. The van der Waals surface area contributed by atoms with Gasteiger partial charge in [0.05, 0.1) is 17.2 Å². The fourth-order valence-corrected chi connectivity index (χ4v) is 2.53. The molecule has 0 unspecified atom stereocenters. The van der Waals surface area contributed by atoms with Gasteiger partial charge in [-0.3, -0.25) is 4.79 Å². The summed E-state index contributed by atoms with van der Waals surface area (Å²) in [5.41, 5.74) is 1.39. The first-order valence-electron chi connectivity index (χ1n) is 8.08. The van der Waals surface area contributed by atoms with Crippen LogP contribution in [-0.4, -0.2) is 18.0 Å². The lowest BCUT2D eigenvalue weighted by molar-refractivity contribution is -0.123. The van der Waals surface area contributed by atoms with Crippen LogP contribution in [0, 0.1) is 11.3 Å². The topological polar surface area (TPSA) is 79.2 Å². The van der Waals surface area contributed by atoms with Crippen molar-refractivity contribution in [2.24, 2.45) is 0 Å². The molecule has 0 aliphatic carbocycles. The van der Waals surface area contributed by atoms with E-state index in [-0.39, 0.29) is 5.56 Å². The Morgan fingerprint density at radius 3 is 2.42 bits per heavy atom. The molecule has 0 spiro atoms. The Bertz CT molecular complexity index is 998. The van der Waals surface area contributed by atoms with Crippen LogP contribution in [0.25, 0.3) is 10.8 Å². The van der Waals surface area contributed by atoms with Crippen molar-refractivity contribution in [1.29, 1.82) is 5.26 Å². The monoisotopic (exact) mass is 344 g/mol. The summed E-state index contributed by atoms with van der Waals surface area (Å²) >= 11 is 0. The minimum atomic E-state index is -0.961. The maximum atomic E-state index is 12.4. The molecule has 5 heteroatoms. The summed E-state index contributed by atoms with van der Waals surface area (Å²) in [5, 5.41) is 13.5. The molecular formula is C21H16N2O3. The third kappa shape index (κ3) is 3.70. The second-order valence-electron chi connectivity index (χ2n) is 5.75. The molecule has 5 nitrogen and oxygen atoms in total. The van der Waals surface area contributed by atoms with Gasteiger partial charge in [0.2, 0.25) is 0 Å². The molecule has 0 aliphatic rings. The van der Waals surface area contributed by atoms with Crippen LogP contribution in [0.2, 0.25) is 0 Å². The van der Waals surface area contributed by atoms with Crippen LogP contribution in [0.5, 0.6) is 0 Å². The second kappa shape index (κ2) is 7.49. The summed E-state index contributed by atoms with van der Waals surface area (Å²) in [7, 11) is 0. The summed E-state index contributed by atoms with van der Waals surface area (Å²) in [6, 6.07) is 21.3. The highest BCUT2D eigenvalue weighted by atomic mass is 16.5. The van der Waals surface area contributed by atoms with Gasteiger partial charge >= 0.3 is 5.97 Å². The summed E-state index contributed by atoms with van der Waals surface area (Å²) in [5.74, 6) is -1.03. The van der Waals surface area contributed by atoms with E-state index in [2.05, 4.69) is 5.32 Å². The molecule has 0 fully saturated rings. The van der Waals surface area contributed by atoms with Gasteiger partial charge in [0.15, 0.2) is 6.10 Å². The third-order valence-corrected chi connectivity index (χ3v) is 3.95. The Hall–Kier alpha value is -3.65. The molecule has 0 bridgehead atoms. The van der Waals surface area contributed by atoms with Crippen molar-refractivity contribution in [3.05, 3.63) is 77.9 Å². The number of ether oxygens (including phenoxy) is 1. The fourth-order valence-electron chi connectivity index (χ4n) is 2.53. The highest BCUT2D eigenvalue weighted by Gasteiger charge is 2.19. The van der Waals surface area contributed by atoms with Gasteiger partial charge in [0, 0.05) is 11.1 Å². The van der Waals surface area contributed by atoms with Crippen LogP contribution in [0.4, 0.5) is 5.69 Å². The lowest BCUT2D eigenvalue weighted by Gasteiger charge is -2.14. The van der Waals surface area contributed by atoms with E-state index < -0.39 is 18.0 Å². The zero-order valence-electron chi connectivity index (χ0n) is 14.1. The molecule has 3 aromatic carbocycles. The van der Waals surface area contributed by atoms with Crippen molar-refractivity contribution in [3.8, 4) is 6.07 Å². The van der Waals surface area contributed by atoms with Crippen molar-refractivity contribution >= 4 is 28.3 Å². The molecule has 3 rings (SSSR count). The quantitative estimate of drug-likeness (QED) is 0.728. The van der Waals surface area contributed by atoms with Crippen LogP contribution >= 0.6 is 0 Å². The molecule has 26 heavy (non-hydrogen) atoms. The predicted octanol–water partition coefficient (Wildman–Crippen LogP) is 3.90. The average Bonchev–Trinajstić information content (AvgIpc) is 2.68. The van der Waals surface area contributed by atoms with E-state index in [4.69, 9.17) is 10.00 Å². The average molecular weight is 344 g/mol.